The van der Waals surface area contributed by atoms with Crippen molar-refractivity contribution in [1.29, 1.82) is 0 Å². The third kappa shape index (κ3) is 4.06. The number of nitrogens with zero attached hydrogens (tertiary/aromatic N) is 3. The van der Waals surface area contributed by atoms with Crippen LogP contribution in [-0.2, 0) is 11.2 Å². The minimum absolute atomic E-state index is 0.0374. The van der Waals surface area contributed by atoms with Crippen molar-refractivity contribution in [2.24, 2.45) is 0 Å². The number of thiazole rings is 1. The summed E-state index contributed by atoms with van der Waals surface area (Å²) in [6.45, 7) is 6.97. The van der Waals surface area contributed by atoms with Gasteiger partial charge in [0.25, 0.3) is 5.91 Å². The number of carbonyl (C=O) groups is 1. The lowest BCUT2D eigenvalue weighted by Crippen LogP contribution is -2.43. The number of anilines is 1. The number of amides is 1. The van der Waals surface area contributed by atoms with E-state index < -0.39 is 0 Å². The van der Waals surface area contributed by atoms with Gasteiger partial charge in [-0.1, -0.05) is 36.5 Å². The molecule has 0 aliphatic carbocycles. The Morgan fingerprint density at radius 3 is 2.85 bits per heavy atom. The van der Waals surface area contributed by atoms with Crippen LogP contribution < -0.4 is 4.90 Å². The molecule has 1 amide bonds. The molecule has 1 fully saturated rings. The predicted octanol–water partition coefficient (Wildman–Crippen LogP) is 3.90. The van der Waals surface area contributed by atoms with E-state index in [2.05, 4.69) is 30.0 Å². The average Bonchev–Trinajstić information content (AvgIpc) is 3.38. The highest BCUT2D eigenvalue weighted by Crippen LogP contribution is 2.32. The summed E-state index contributed by atoms with van der Waals surface area (Å²) < 4.78 is 6.57. The predicted molar refractivity (Wildman–Crippen MR) is 112 cm³/mol. The first kappa shape index (κ1) is 18.6. The van der Waals surface area contributed by atoms with E-state index in [9.17, 15) is 4.79 Å². The quantitative estimate of drug-likeness (QED) is 0.628. The summed E-state index contributed by atoms with van der Waals surface area (Å²) in [5.41, 5.74) is 2.25. The number of fused-ring (bicyclic) bond motifs is 1. The van der Waals surface area contributed by atoms with Crippen LogP contribution in [0.3, 0.4) is 0 Å². The van der Waals surface area contributed by atoms with Crippen molar-refractivity contribution in [1.82, 2.24) is 9.88 Å². The number of aryl methyl sites for hydroxylation is 1. The van der Waals surface area contributed by atoms with Crippen LogP contribution in [0.25, 0.3) is 10.2 Å². The highest BCUT2D eigenvalue weighted by Gasteiger charge is 2.23. The molecule has 27 heavy (non-hydrogen) atoms. The normalized spacial score (nSPS) is 15.3. The highest BCUT2D eigenvalue weighted by atomic mass is 32.1. The van der Waals surface area contributed by atoms with Gasteiger partial charge in [-0.2, -0.15) is 0 Å². The van der Waals surface area contributed by atoms with E-state index in [1.165, 1.54) is 16.9 Å². The number of rotatable bonds is 6. The Morgan fingerprint density at radius 2 is 2.11 bits per heavy atom. The number of thiophene rings is 1. The lowest BCUT2D eigenvalue weighted by Gasteiger charge is -2.29. The van der Waals surface area contributed by atoms with Crippen LogP contribution >= 0.6 is 22.7 Å². The second kappa shape index (κ2) is 8.48. The zero-order chi connectivity index (χ0) is 18.6. The molecule has 1 aromatic carbocycles. The third-order valence-electron chi connectivity index (χ3n) is 4.82. The molecule has 1 aliphatic rings. The Bertz CT molecular complexity index is 901. The number of morpholine rings is 1. The second-order valence-electron chi connectivity index (χ2n) is 6.50. The molecule has 3 aromatic rings. The van der Waals surface area contributed by atoms with Crippen molar-refractivity contribution in [2.45, 2.75) is 13.3 Å². The van der Waals surface area contributed by atoms with Crippen molar-refractivity contribution >= 4 is 43.9 Å². The second-order valence-corrected chi connectivity index (χ2v) is 8.46. The summed E-state index contributed by atoms with van der Waals surface area (Å²) in [4.78, 5) is 23.0. The average molecular weight is 402 g/mol. The Kier molecular flexibility index (Phi) is 5.83. The zero-order valence-electron chi connectivity index (χ0n) is 15.4. The van der Waals surface area contributed by atoms with Gasteiger partial charge < -0.3 is 4.74 Å². The Morgan fingerprint density at radius 1 is 1.26 bits per heavy atom. The fourth-order valence-electron chi connectivity index (χ4n) is 3.28. The van der Waals surface area contributed by atoms with Gasteiger partial charge in [-0.3, -0.25) is 14.6 Å². The lowest BCUT2D eigenvalue weighted by molar-refractivity contribution is 0.0391. The van der Waals surface area contributed by atoms with Gasteiger partial charge in [0.1, 0.15) is 0 Å². The fourth-order valence-corrected chi connectivity index (χ4v) is 4.99. The molecule has 4 rings (SSSR count). The molecule has 1 saturated heterocycles. The first-order valence-electron chi connectivity index (χ1n) is 9.30. The topological polar surface area (TPSA) is 45.7 Å². The maximum absolute atomic E-state index is 13.2. The van der Waals surface area contributed by atoms with Gasteiger partial charge in [0.2, 0.25) is 0 Å². The minimum atomic E-state index is 0.0374. The van der Waals surface area contributed by atoms with E-state index in [0.29, 0.717) is 6.54 Å². The summed E-state index contributed by atoms with van der Waals surface area (Å²) in [5, 5.41) is 2.73. The molecular weight excluding hydrogens is 378 g/mol. The maximum Gasteiger partial charge on any atom is 0.270 e. The lowest BCUT2D eigenvalue weighted by atomic mass is 10.1. The SMILES string of the molecule is CCc1cccc2sc(N(CCN3CCOCC3)C(=O)c3cccs3)nc12. The van der Waals surface area contributed by atoms with E-state index in [1.54, 1.807) is 11.3 Å². The zero-order valence-corrected chi connectivity index (χ0v) is 17.0. The molecule has 3 heterocycles. The summed E-state index contributed by atoms with van der Waals surface area (Å²) in [7, 11) is 0. The van der Waals surface area contributed by atoms with Crippen molar-refractivity contribution in [3.05, 3.63) is 46.2 Å². The van der Waals surface area contributed by atoms with Gasteiger partial charge >= 0.3 is 0 Å². The summed E-state index contributed by atoms with van der Waals surface area (Å²) in [5.74, 6) is 0.0374. The van der Waals surface area contributed by atoms with Crippen molar-refractivity contribution < 1.29 is 9.53 Å². The van der Waals surface area contributed by atoms with Crippen molar-refractivity contribution in [3.8, 4) is 0 Å². The Balaban J connectivity index is 1.63. The van der Waals surface area contributed by atoms with Crippen LogP contribution in [0.2, 0.25) is 0 Å². The fraction of sp³-hybridized carbons (Fsp3) is 0.400. The van der Waals surface area contributed by atoms with Crippen LogP contribution in [0.4, 0.5) is 5.13 Å². The van der Waals surface area contributed by atoms with Gasteiger partial charge in [0.05, 0.1) is 28.3 Å². The number of carbonyl (C=O) groups excluding carboxylic acids is 1. The van der Waals surface area contributed by atoms with Crippen LogP contribution in [-0.4, -0.2) is 55.2 Å². The minimum Gasteiger partial charge on any atom is -0.379 e. The number of ether oxygens (including phenoxy) is 1. The molecule has 0 bridgehead atoms. The van der Waals surface area contributed by atoms with Crippen LogP contribution in [0.1, 0.15) is 22.2 Å². The highest BCUT2D eigenvalue weighted by molar-refractivity contribution is 7.22. The molecule has 0 N–H and O–H groups in total. The molecule has 5 nitrogen and oxygen atoms in total. The molecule has 0 spiro atoms. The van der Waals surface area contributed by atoms with E-state index in [4.69, 9.17) is 9.72 Å². The van der Waals surface area contributed by atoms with Crippen LogP contribution in [0.15, 0.2) is 35.7 Å². The van der Waals surface area contributed by atoms with E-state index in [1.807, 2.05) is 22.4 Å². The van der Waals surface area contributed by atoms with Gasteiger partial charge in [0, 0.05) is 26.2 Å². The molecule has 0 unspecified atom stereocenters. The van der Waals surface area contributed by atoms with E-state index >= 15 is 0 Å². The van der Waals surface area contributed by atoms with Gasteiger partial charge in [0.15, 0.2) is 5.13 Å². The molecular formula is C20H23N3O2S2. The van der Waals surface area contributed by atoms with E-state index in [0.717, 1.165) is 59.5 Å². The molecule has 0 atom stereocenters. The first-order chi connectivity index (χ1) is 13.3. The monoisotopic (exact) mass is 401 g/mol. The number of hydrogen-bond acceptors (Lipinski definition) is 6. The summed E-state index contributed by atoms with van der Waals surface area (Å²) in [6.07, 6.45) is 0.938. The standard InChI is InChI=1S/C20H23N3O2S2/c1-2-15-5-3-6-16-18(15)21-20(27-16)23(19(24)17-7-4-14-26-17)9-8-22-10-12-25-13-11-22/h3-7,14H,2,8-13H2,1H3. The largest absolute Gasteiger partial charge is 0.379 e. The smallest absolute Gasteiger partial charge is 0.270 e. The number of para-hydroxylation sites is 1. The molecule has 2 aromatic heterocycles. The summed E-state index contributed by atoms with van der Waals surface area (Å²) >= 11 is 3.08. The van der Waals surface area contributed by atoms with Crippen molar-refractivity contribution in [2.75, 3.05) is 44.3 Å². The van der Waals surface area contributed by atoms with E-state index in [-0.39, 0.29) is 5.91 Å². The third-order valence-corrected chi connectivity index (χ3v) is 6.73. The van der Waals surface area contributed by atoms with Crippen molar-refractivity contribution in [3.63, 3.8) is 0 Å². The number of aromatic nitrogens is 1. The Hall–Kier alpha value is -1.80. The molecule has 142 valence electrons. The molecule has 7 heteroatoms. The molecule has 0 radical (unpaired) electrons. The van der Waals surface area contributed by atoms with Gasteiger partial charge in [-0.25, -0.2) is 4.98 Å². The number of hydrogen-bond donors (Lipinski definition) is 0. The first-order valence-corrected chi connectivity index (χ1v) is 11.0. The Labute approximate surface area is 167 Å². The van der Waals surface area contributed by atoms with Crippen LogP contribution in [0.5, 0.6) is 0 Å². The number of benzene rings is 1. The van der Waals surface area contributed by atoms with Crippen LogP contribution in [0, 0.1) is 0 Å². The molecule has 1 aliphatic heterocycles. The summed E-state index contributed by atoms with van der Waals surface area (Å²) in [6, 6.07) is 10.1. The molecule has 0 saturated carbocycles. The van der Waals surface area contributed by atoms with Gasteiger partial charge in [-0.15, -0.1) is 11.3 Å². The maximum atomic E-state index is 13.2. The van der Waals surface area contributed by atoms with Gasteiger partial charge in [-0.05, 0) is 29.5 Å².